The Morgan fingerprint density at radius 2 is 1.44 bits per heavy atom. The summed E-state index contributed by atoms with van der Waals surface area (Å²) in [5.41, 5.74) is 3.64. The van der Waals surface area contributed by atoms with Gasteiger partial charge in [0.05, 0.1) is 12.2 Å². The van der Waals surface area contributed by atoms with Crippen molar-refractivity contribution in [2.75, 3.05) is 49.1 Å². The average Bonchev–Trinajstić information content (AvgIpc) is 3.18. The number of hydrogen-bond donors (Lipinski definition) is 0. The first-order valence-electron chi connectivity index (χ1n) is 14.2. The lowest BCUT2D eigenvalue weighted by Crippen LogP contribution is -2.50. The second-order valence-electron chi connectivity index (χ2n) is 10.7. The van der Waals surface area contributed by atoms with Gasteiger partial charge in [0, 0.05) is 44.3 Å². The molecule has 7 heteroatoms. The van der Waals surface area contributed by atoms with Crippen LogP contribution in [-0.4, -0.2) is 50.1 Å². The summed E-state index contributed by atoms with van der Waals surface area (Å²) in [4.78, 5) is 19.8. The maximum atomic E-state index is 14.4. The molecule has 0 spiro atoms. The molecule has 210 valence electrons. The molecule has 2 heterocycles. The number of carbonyl (C=O) groups excluding carboxylic acids is 1. The van der Waals surface area contributed by atoms with Crippen LogP contribution in [0.1, 0.15) is 29.9 Å². The molecule has 5 nitrogen and oxygen atoms in total. The van der Waals surface area contributed by atoms with Crippen LogP contribution >= 0.6 is 0 Å². The van der Waals surface area contributed by atoms with Crippen molar-refractivity contribution in [2.24, 2.45) is 0 Å². The number of halogens is 2. The first kappa shape index (κ1) is 27.0. The van der Waals surface area contributed by atoms with Crippen LogP contribution in [0.2, 0.25) is 0 Å². The van der Waals surface area contributed by atoms with Crippen molar-refractivity contribution in [1.29, 1.82) is 0 Å². The van der Waals surface area contributed by atoms with Gasteiger partial charge >= 0.3 is 0 Å². The number of ether oxygens (including phenoxy) is 1. The van der Waals surface area contributed by atoms with Gasteiger partial charge in [0.1, 0.15) is 23.1 Å². The molecular weight excluding hydrogens is 520 g/mol. The van der Waals surface area contributed by atoms with E-state index in [1.54, 1.807) is 23.1 Å². The molecule has 0 radical (unpaired) electrons. The first-order chi connectivity index (χ1) is 20.0. The number of hydrogen-bond acceptors (Lipinski definition) is 4. The van der Waals surface area contributed by atoms with Crippen LogP contribution in [0.4, 0.5) is 20.2 Å². The van der Waals surface area contributed by atoms with Crippen LogP contribution in [0.25, 0.3) is 0 Å². The lowest BCUT2D eigenvalue weighted by Gasteiger charge is -2.36. The molecule has 2 aliphatic rings. The molecule has 1 amide bonds. The molecule has 0 N–H and O–H groups in total. The Balaban J connectivity index is 1.09. The lowest BCUT2D eigenvalue weighted by atomic mass is 9.87. The third-order valence-electron chi connectivity index (χ3n) is 8.02. The number of anilines is 2. The van der Waals surface area contributed by atoms with Gasteiger partial charge in [-0.2, -0.15) is 0 Å². The van der Waals surface area contributed by atoms with Crippen LogP contribution in [0.3, 0.4) is 0 Å². The van der Waals surface area contributed by atoms with Gasteiger partial charge in [-0.05, 0) is 84.6 Å². The van der Waals surface area contributed by atoms with E-state index in [9.17, 15) is 13.6 Å². The van der Waals surface area contributed by atoms with Gasteiger partial charge in [0.25, 0.3) is 0 Å². The molecule has 4 aromatic carbocycles. The zero-order valence-corrected chi connectivity index (χ0v) is 22.9. The molecule has 0 aromatic heterocycles. The Labute approximate surface area is 239 Å². The number of fused-ring (bicyclic) bond motifs is 1. The Bertz CT molecular complexity index is 1470. The minimum Gasteiger partial charge on any atom is -0.457 e. The normalized spacial score (nSPS) is 17.6. The fourth-order valence-electron chi connectivity index (χ4n) is 5.87. The number of amides is 1. The topological polar surface area (TPSA) is 36.0 Å². The summed E-state index contributed by atoms with van der Waals surface area (Å²) in [5.74, 6) is 0.909. The van der Waals surface area contributed by atoms with E-state index in [1.165, 1.54) is 24.3 Å². The van der Waals surface area contributed by atoms with Crippen LogP contribution < -0.4 is 14.5 Å². The second-order valence-corrected chi connectivity index (χ2v) is 10.7. The van der Waals surface area contributed by atoms with E-state index in [1.807, 2.05) is 42.5 Å². The van der Waals surface area contributed by atoms with E-state index < -0.39 is 0 Å². The third kappa shape index (κ3) is 6.25. The Hall–Kier alpha value is -4.23. The molecule has 2 aliphatic heterocycles. The van der Waals surface area contributed by atoms with Crippen molar-refractivity contribution >= 4 is 17.3 Å². The summed E-state index contributed by atoms with van der Waals surface area (Å²) in [6, 6.07) is 29.0. The molecule has 6 rings (SSSR count). The van der Waals surface area contributed by atoms with Gasteiger partial charge < -0.3 is 14.5 Å². The molecular formula is C34H33F2N3O2. The van der Waals surface area contributed by atoms with E-state index in [0.29, 0.717) is 12.2 Å². The predicted octanol–water partition coefficient (Wildman–Crippen LogP) is 6.84. The standard InChI is InChI=1S/C34H33F2N3O2/c35-26-10-8-25(9-11-26)31-7-4-18-39(33-23-27(36)12-17-32(31)33)34(40)24-37-19-21-38(22-20-37)28-13-15-30(16-14-28)41-29-5-2-1-3-6-29/h1-3,5-6,8-17,23,31H,4,7,18-22,24H2. The smallest absolute Gasteiger partial charge is 0.241 e. The number of carbonyl (C=O) groups is 1. The van der Waals surface area contributed by atoms with Crippen LogP contribution in [-0.2, 0) is 4.79 Å². The Morgan fingerprint density at radius 3 is 2.17 bits per heavy atom. The Kier molecular flexibility index (Phi) is 7.96. The summed E-state index contributed by atoms with van der Waals surface area (Å²) < 4.78 is 33.9. The third-order valence-corrected chi connectivity index (χ3v) is 8.02. The number of benzene rings is 4. The van der Waals surface area contributed by atoms with E-state index in [0.717, 1.165) is 67.3 Å². The average molecular weight is 554 g/mol. The highest BCUT2D eigenvalue weighted by Gasteiger charge is 2.29. The minimum atomic E-state index is -0.366. The molecule has 0 saturated carbocycles. The van der Waals surface area contributed by atoms with Crippen molar-refractivity contribution in [1.82, 2.24) is 4.90 Å². The fraction of sp³-hybridized carbons (Fsp3) is 0.265. The van der Waals surface area contributed by atoms with Gasteiger partial charge in [-0.1, -0.05) is 36.4 Å². The summed E-state index contributed by atoms with van der Waals surface area (Å²) in [6.45, 7) is 3.96. The summed E-state index contributed by atoms with van der Waals surface area (Å²) in [7, 11) is 0. The largest absolute Gasteiger partial charge is 0.457 e. The zero-order valence-electron chi connectivity index (χ0n) is 22.9. The SMILES string of the molecule is O=C(CN1CCN(c2ccc(Oc3ccccc3)cc2)CC1)N1CCCC(c2ccc(F)cc2)c2ccc(F)cc21. The minimum absolute atomic E-state index is 0.0166. The highest BCUT2D eigenvalue weighted by Crippen LogP contribution is 2.39. The van der Waals surface area contributed by atoms with Crippen molar-refractivity contribution in [3.63, 3.8) is 0 Å². The predicted molar refractivity (Wildman–Crippen MR) is 158 cm³/mol. The fourth-order valence-corrected chi connectivity index (χ4v) is 5.87. The molecule has 4 aromatic rings. The van der Waals surface area contributed by atoms with Gasteiger partial charge in [0.15, 0.2) is 0 Å². The second kappa shape index (κ2) is 12.1. The number of nitrogens with zero attached hydrogens (tertiary/aromatic N) is 3. The van der Waals surface area contributed by atoms with Gasteiger partial charge in [-0.25, -0.2) is 8.78 Å². The van der Waals surface area contributed by atoms with E-state index >= 15 is 0 Å². The van der Waals surface area contributed by atoms with Crippen LogP contribution in [0, 0.1) is 11.6 Å². The van der Waals surface area contributed by atoms with Crippen molar-refractivity contribution in [3.8, 4) is 11.5 Å². The zero-order chi connectivity index (χ0) is 28.2. The molecule has 1 saturated heterocycles. The van der Waals surface area contributed by atoms with E-state index in [4.69, 9.17) is 4.74 Å². The number of rotatable bonds is 6. The highest BCUT2D eigenvalue weighted by molar-refractivity contribution is 5.96. The van der Waals surface area contributed by atoms with Crippen LogP contribution in [0.15, 0.2) is 97.1 Å². The van der Waals surface area contributed by atoms with E-state index in [2.05, 4.69) is 21.9 Å². The molecule has 0 bridgehead atoms. The maximum absolute atomic E-state index is 14.4. The molecule has 1 unspecified atom stereocenters. The lowest BCUT2D eigenvalue weighted by molar-refractivity contribution is -0.119. The molecule has 1 atom stereocenters. The Morgan fingerprint density at radius 1 is 0.756 bits per heavy atom. The quantitative estimate of drug-likeness (QED) is 0.262. The number of piperazine rings is 1. The summed E-state index contributed by atoms with van der Waals surface area (Å²) in [6.07, 6.45) is 1.59. The van der Waals surface area contributed by atoms with Gasteiger partial charge in [-0.15, -0.1) is 0 Å². The van der Waals surface area contributed by atoms with E-state index in [-0.39, 0.29) is 30.0 Å². The number of para-hydroxylation sites is 1. The van der Waals surface area contributed by atoms with Gasteiger partial charge in [0.2, 0.25) is 5.91 Å². The van der Waals surface area contributed by atoms with Crippen molar-refractivity contribution in [3.05, 3.63) is 120 Å². The maximum Gasteiger partial charge on any atom is 0.241 e. The van der Waals surface area contributed by atoms with Crippen LogP contribution in [0.5, 0.6) is 11.5 Å². The first-order valence-corrected chi connectivity index (χ1v) is 14.2. The van der Waals surface area contributed by atoms with Crippen molar-refractivity contribution in [2.45, 2.75) is 18.8 Å². The van der Waals surface area contributed by atoms with Gasteiger partial charge in [-0.3, -0.25) is 9.69 Å². The highest BCUT2D eigenvalue weighted by atomic mass is 19.1. The molecule has 0 aliphatic carbocycles. The summed E-state index contributed by atoms with van der Waals surface area (Å²) >= 11 is 0. The molecule has 41 heavy (non-hydrogen) atoms. The molecule has 1 fully saturated rings. The summed E-state index contributed by atoms with van der Waals surface area (Å²) in [5, 5.41) is 0. The monoisotopic (exact) mass is 553 g/mol. The van der Waals surface area contributed by atoms with Crippen molar-refractivity contribution < 1.29 is 18.3 Å².